The van der Waals surface area contributed by atoms with Crippen molar-refractivity contribution in [1.29, 1.82) is 0 Å². The quantitative estimate of drug-likeness (QED) is 0.812. The lowest BCUT2D eigenvalue weighted by Crippen LogP contribution is -2.14. The van der Waals surface area contributed by atoms with Crippen LogP contribution in [-0.2, 0) is 20.0 Å². The third-order valence-corrected chi connectivity index (χ3v) is 4.19. The van der Waals surface area contributed by atoms with Gasteiger partial charge in [-0.2, -0.15) is 5.10 Å². The summed E-state index contributed by atoms with van der Waals surface area (Å²) in [6.45, 7) is 6.30. The van der Waals surface area contributed by atoms with Crippen molar-refractivity contribution in [2.45, 2.75) is 33.2 Å². The molecule has 0 bridgehead atoms. The Hall–Kier alpha value is -1.13. The van der Waals surface area contributed by atoms with Gasteiger partial charge in [-0.15, -0.1) is 11.3 Å². The molecule has 2 aromatic rings. The Morgan fingerprint density at radius 2 is 2.22 bits per heavy atom. The summed E-state index contributed by atoms with van der Waals surface area (Å²) in [7, 11) is 2.01. The standard InChI is InChI=1S/C14H21N3S/c1-11-14(12(2)17(3)16-11)7-4-8-15-10-13-6-5-9-18-13/h5-6,9,15H,4,7-8,10H2,1-3H3. The largest absolute Gasteiger partial charge is 0.312 e. The fourth-order valence-electron chi connectivity index (χ4n) is 2.19. The van der Waals surface area contributed by atoms with Crippen LogP contribution < -0.4 is 5.32 Å². The van der Waals surface area contributed by atoms with Crippen molar-refractivity contribution < 1.29 is 0 Å². The van der Waals surface area contributed by atoms with E-state index in [1.165, 1.54) is 28.2 Å². The second-order valence-electron chi connectivity index (χ2n) is 4.63. The highest BCUT2D eigenvalue weighted by Crippen LogP contribution is 2.13. The maximum Gasteiger partial charge on any atom is 0.0628 e. The normalized spacial score (nSPS) is 11.1. The zero-order chi connectivity index (χ0) is 13.0. The predicted octanol–water partition coefficient (Wildman–Crippen LogP) is 2.82. The molecule has 0 amide bonds. The lowest BCUT2D eigenvalue weighted by atomic mass is 10.1. The number of hydrogen-bond donors (Lipinski definition) is 1. The van der Waals surface area contributed by atoms with Gasteiger partial charge in [0.15, 0.2) is 0 Å². The second kappa shape index (κ2) is 6.16. The number of aryl methyl sites for hydroxylation is 2. The predicted molar refractivity (Wildman–Crippen MR) is 77.0 cm³/mol. The Labute approximate surface area is 113 Å². The lowest BCUT2D eigenvalue weighted by Gasteiger charge is -2.04. The number of hydrogen-bond acceptors (Lipinski definition) is 3. The molecule has 0 aliphatic rings. The first-order chi connectivity index (χ1) is 8.68. The average molecular weight is 263 g/mol. The Morgan fingerprint density at radius 1 is 1.39 bits per heavy atom. The van der Waals surface area contributed by atoms with Crippen LogP contribution in [-0.4, -0.2) is 16.3 Å². The Bertz CT molecular complexity index is 485. The molecular formula is C14H21N3S. The van der Waals surface area contributed by atoms with Crippen LogP contribution in [0.1, 0.15) is 28.2 Å². The van der Waals surface area contributed by atoms with Crippen LogP contribution in [0.2, 0.25) is 0 Å². The van der Waals surface area contributed by atoms with Crippen LogP contribution in [0.3, 0.4) is 0 Å². The zero-order valence-corrected chi connectivity index (χ0v) is 12.2. The molecule has 98 valence electrons. The van der Waals surface area contributed by atoms with Crippen LogP contribution >= 0.6 is 11.3 Å². The summed E-state index contributed by atoms with van der Waals surface area (Å²) in [6, 6.07) is 4.27. The van der Waals surface area contributed by atoms with Gasteiger partial charge in [-0.05, 0) is 50.2 Å². The molecule has 0 radical (unpaired) electrons. The third-order valence-electron chi connectivity index (χ3n) is 3.32. The maximum absolute atomic E-state index is 4.45. The Kier molecular flexibility index (Phi) is 4.55. The molecule has 1 N–H and O–H groups in total. The highest BCUT2D eigenvalue weighted by molar-refractivity contribution is 7.09. The molecular weight excluding hydrogens is 242 g/mol. The molecule has 0 saturated heterocycles. The molecule has 0 fully saturated rings. The first-order valence-electron chi connectivity index (χ1n) is 6.40. The number of nitrogens with one attached hydrogen (secondary N) is 1. The molecule has 0 atom stereocenters. The molecule has 0 saturated carbocycles. The number of nitrogens with zero attached hydrogens (tertiary/aromatic N) is 2. The van der Waals surface area contributed by atoms with Crippen LogP contribution in [0.4, 0.5) is 0 Å². The van der Waals surface area contributed by atoms with E-state index in [4.69, 9.17) is 0 Å². The molecule has 0 aliphatic carbocycles. The zero-order valence-electron chi connectivity index (χ0n) is 11.4. The smallest absolute Gasteiger partial charge is 0.0628 e. The molecule has 0 unspecified atom stereocenters. The first-order valence-corrected chi connectivity index (χ1v) is 7.28. The van der Waals surface area contributed by atoms with Crippen LogP contribution in [0.5, 0.6) is 0 Å². The SMILES string of the molecule is Cc1nn(C)c(C)c1CCCNCc1cccs1. The Morgan fingerprint density at radius 3 is 2.83 bits per heavy atom. The van der Waals surface area contributed by atoms with E-state index in [2.05, 4.69) is 41.8 Å². The lowest BCUT2D eigenvalue weighted by molar-refractivity contribution is 0.652. The summed E-state index contributed by atoms with van der Waals surface area (Å²) in [5.74, 6) is 0. The number of rotatable bonds is 6. The van der Waals surface area contributed by atoms with Gasteiger partial charge in [-0.25, -0.2) is 0 Å². The van der Waals surface area contributed by atoms with Gasteiger partial charge in [0.2, 0.25) is 0 Å². The Balaban J connectivity index is 1.72. The van der Waals surface area contributed by atoms with Gasteiger partial charge in [0, 0.05) is 24.2 Å². The molecule has 4 heteroatoms. The molecule has 2 aromatic heterocycles. The summed E-state index contributed by atoms with van der Waals surface area (Å²) in [4.78, 5) is 1.41. The van der Waals surface area contributed by atoms with Crippen molar-refractivity contribution in [3.05, 3.63) is 39.3 Å². The van der Waals surface area contributed by atoms with Crippen molar-refractivity contribution in [2.24, 2.45) is 7.05 Å². The van der Waals surface area contributed by atoms with Crippen LogP contribution in [0.15, 0.2) is 17.5 Å². The van der Waals surface area contributed by atoms with E-state index in [9.17, 15) is 0 Å². The molecule has 2 heterocycles. The minimum atomic E-state index is 0.989. The van der Waals surface area contributed by atoms with Crippen molar-refractivity contribution >= 4 is 11.3 Å². The molecule has 0 aliphatic heterocycles. The maximum atomic E-state index is 4.45. The molecule has 0 aromatic carbocycles. The molecule has 0 spiro atoms. The van der Waals surface area contributed by atoms with Gasteiger partial charge in [0.25, 0.3) is 0 Å². The van der Waals surface area contributed by atoms with E-state index in [1.807, 2.05) is 23.1 Å². The fourth-order valence-corrected chi connectivity index (χ4v) is 2.87. The van der Waals surface area contributed by atoms with Crippen LogP contribution in [0, 0.1) is 13.8 Å². The van der Waals surface area contributed by atoms with Gasteiger partial charge >= 0.3 is 0 Å². The van der Waals surface area contributed by atoms with E-state index in [0.717, 1.165) is 19.5 Å². The topological polar surface area (TPSA) is 29.9 Å². The minimum absolute atomic E-state index is 0.989. The van der Waals surface area contributed by atoms with E-state index < -0.39 is 0 Å². The van der Waals surface area contributed by atoms with Gasteiger partial charge in [0.1, 0.15) is 0 Å². The van der Waals surface area contributed by atoms with Crippen LogP contribution in [0.25, 0.3) is 0 Å². The van der Waals surface area contributed by atoms with Gasteiger partial charge in [-0.3, -0.25) is 4.68 Å². The third kappa shape index (κ3) is 3.21. The second-order valence-corrected chi connectivity index (χ2v) is 5.66. The summed E-state index contributed by atoms with van der Waals surface area (Å²) < 4.78 is 1.98. The van der Waals surface area contributed by atoms with E-state index >= 15 is 0 Å². The van der Waals surface area contributed by atoms with Gasteiger partial charge < -0.3 is 5.32 Å². The van der Waals surface area contributed by atoms with Gasteiger partial charge in [-0.1, -0.05) is 6.07 Å². The van der Waals surface area contributed by atoms with Gasteiger partial charge in [0.05, 0.1) is 5.69 Å². The first kappa shape index (κ1) is 13.3. The fraction of sp³-hybridized carbons (Fsp3) is 0.500. The van der Waals surface area contributed by atoms with Crippen molar-refractivity contribution in [1.82, 2.24) is 15.1 Å². The average Bonchev–Trinajstić information content (AvgIpc) is 2.92. The summed E-state index contributed by atoms with van der Waals surface area (Å²) in [5, 5.41) is 10.1. The minimum Gasteiger partial charge on any atom is -0.312 e. The summed E-state index contributed by atoms with van der Waals surface area (Å²) in [5.41, 5.74) is 3.88. The molecule has 18 heavy (non-hydrogen) atoms. The summed E-state index contributed by atoms with van der Waals surface area (Å²) >= 11 is 1.81. The highest BCUT2D eigenvalue weighted by atomic mass is 32.1. The number of thiophene rings is 1. The van der Waals surface area contributed by atoms with Crippen molar-refractivity contribution in [2.75, 3.05) is 6.54 Å². The molecule has 3 nitrogen and oxygen atoms in total. The van der Waals surface area contributed by atoms with E-state index in [-0.39, 0.29) is 0 Å². The van der Waals surface area contributed by atoms with Crippen molar-refractivity contribution in [3.63, 3.8) is 0 Å². The van der Waals surface area contributed by atoms with E-state index in [0.29, 0.717) is 0 Å². The highest BCUT2D eigenvalue weighted by Gasteiger charge is 2.08. The monoisotopic (exact) mass is 263 g/mol. The number of aromatic nitrogens is 2. The summed E-state index contributed by atoms with van der Waals surface area (Å²) in [6.07, 6.45) is 2.28. The van der Waals surface area contributed by atoms with Crippen molar-refractivity contribution in [3.8, 4) is 0 Å². The molecule has 2 rings (SSSR count). The van der Waals surface area contributed by atoms with E-state index in [1.54, 1.807) is 0 Å².